The van der Waals surface area contributed by atoms with Crippen molar-refractivity contribution in [3.8, 4) is 0 Å². The number of anilines is 1. The highest BCUT2D eigenvalue weighted by Gasteiger charge is 2.20. The van der Waals surface area contributed by atoms with Crippen molar-refractivity contribution in [2.45, 2.75) is 25.7 Å². The molecule has 0 bridgehead atoms. The molecule has 0 saturated carbocycles. The van der Waals surface area contributed by atoms with Crippen molar-refractivity contribution in [2.75, 3.05) is 18.4 Å². The molecule has 25 heavy (non-hydrogen) atoms. The van der Waals surface area contributed by atoms with Crippen LogP contribution in [0.5, 0.6) is 0 Å². The summed E-state index contributed by atoms with van der Waals surface area (Å²) in [7, 11) is 1.56. The van der Waals surface area contributed by atoms with Gasteiger partial charge in [-0.3, -0.25) is 14.4 Å². The molecule has 3 heterocycles. The third kappa shape index (κ3) is 3.81. The van der Waals surface area contributed by atoms with Crippen LogP contribution in [0.2, 0.25) is 0 Å². The molecule has 132 valence electrons. The second kappa shape index (κ2) is 7.38. The Labute approximate surface area is 145 Å². The van der Waals surface area contributed by atoms with Crippen LogP contribution in [0.3, 0.4) is 0 Å². The lowest BCUT2D eigenvalue weighted by Crippen LogP contribution is -2.33. The first-order valence-corrected chi connectivity index (χ1v) is 8.41. The Morgan fingerprint density at radius 1 is 1.16 bits per heavy atom. The Kier molecular flexibility index (Phi) is 5.02. The van der Waals surface area contributed by atoms with Crippen LogP contribution in [0.25, 0.3) is 0 Å². The van der Waals surface area contributed by atoms with Gasteiger partial charge in [0, 0.05) is 26.3 Å². The number of rotatable bonds is 3. The minimum absolute atomic E-state index is 0.0598. The molecule has 1 fully saturated rings. The molecule has 0 radical (unpaired) electrons. The summed E-state index contributed by atoms with van der Waals surface area (Å²) in [4.78, 5) is 39.0. The number of aromatic nitrogens is 1. The molecule has 7 heteroatoms. The maximum atomic E-state index is 12.8. The van der Waals surface area contributed by atoms with Crippen LogP contribution in [0.1, 0.15) is 46.6 Å². The van der Waals surface area contributed by atoms with Gasteiger partial charge < -0.3 is 19.2 Å². The zero-order valence-corrected chi connectivity index (χ0v) is 14.2. The van der Waals surface area contributed by atoms with Gasteiger partial charge in [-0.1, -0.05) is 12.8 Å². The summed E-state index contributed by atoms with van der Waals surface area (Å²) >= 11 is 0. The van der Waals surface area contributed by atoms with E-state index >= 15 is 0 Å². The summed E-state index contributed by atoms with van der Waals surface area (Å²) < 4.78 is 6.34. The highest BCUT2D eigenvalue weighted by atomic mass is 16.3. The number of furan rings is 1. The molecular formula is C18H21N3O4. The molecule has 0 atom stereocenters. The van der Waals surface area contributed by atoms with Gasteiger partial charge in [-0.05, 0) is 31.0 Å². The van der Waals surface area contributed by atoms with Crippen molar-refractivity contribution in [1.29, 1.82) is 0 Å². The second-order valence-electron chi connectivity index (χ2n) is 6.20. The smallest absolute Gasteiger partial charge is 0.291 e. The van der Waals surface area contributed by atoms with Crippen LogP contribution in [-0.4, -0.2) is 34.4 Å². The Hall–Kier alpha value is -2.83. The van der Waals surface area contributed by atoms with Gasteiger partial charge in [0.15, 0.2) is 5.76 Å². The van der Waals surface area contributed by atoms with E-state index in [4.69, 9.17) is 4.42 Å². The van der Waals surface area contributed by atoms with E-state index in [1.807, 2.05) is 4.90 Å². The van der Waals surface area contributed by atoms with Crippen molar-refractivity contribution in [1.82, 2.24) is 9.47 Å². The number of pyridine rings is 1. The van der Waals surface area contributed by atoms with E-state index < -0.39 is 5.91 Å². The lowest BCUT2D eigenvalue weighted by molar-refractivity contribution is 0.0760. The molecule has 1 aliphatic rings. The van der Waals surface area contributed by atoms with E-state index in [0.717, 1.165) is 38.8 Å². The number of likely N-dealkylation sites (tertiary alicyclic amines) is 1. The topological polar surface area (TPSA) is 84.6 Å². The first-order chi connectivity index (χ1) is 12.1. The standard InChI is InChI=1S/C18H21N3O4/c1-20-12-13(17(23)21-8-4-2-3-5-9-21)11-14(18(20)24)19-16(22)15-7-6-10-25-15/h6-7,10-12H,2-5,8-9H2,1H3,(H,19,22). The molecule has 1 saturated heterocycles. The molecule has 2 aromatic rings. The molecule has 2 amide bonds. The summed E-state index contributed by atoms with van der Waals surface area (Å²) in [5, 5.41) is 2.53. The minimum atomic E-state index is -0.526. The van der Waals surface area contributed by atoms with E-state index in [1.54, 1.807) is 13.1 Å². The third-order valence-corrected chi connectivity index (χ3v) is 4.32. The highest BCUT2D eigenvalue weighted by molar-refractivity contribution is 6.03. The number of nitrogens with zero attached hydrogens (tertiary/aromatic N) is 2. The van der Waals surface area contributed by atoms with Crippen LogP contribution in [0, 0.1) is 0 Å². The Morgan fingerprint density at radius 3 is 2.52 bits per heavy atom. The molecule has 0 unspecified atom stereocenters. The molecule has 1 aliphatic heterocycles. The predicted octanol–water partition coefficient (Wildman–Crippen LogP) is 2.25. The van der Waals surface area contributed by atoms with Gasteiger partial charge >= 0.3 is 0 Å². The second-order valence-corrected chi connectivity index (χ2v) is 6.20. The summed E-state index contributed by atoms with van der Waals surface area (Å²) in [6.07, 6.45) is 7.12. The predicted molar refractivity (Wildman–Crippen MR) is 92.7 cm³/mol. The lowest BCUT2D eigenvalue weighted by atomic mass is 10.2. The zero-order valence-electron chi connectivity index (χ0n) is 14.2. The van der Waals surface area contributed by atoms with Crippen LogP contribution in [0.4, 0.5) is 5.69 Å². The number of hydrogen-bond acceptors (Lipinski definition) is 4. The van der Waals surface area contributed by atoms with Gasteiger partial charge in [-0.15, -0.1) is 0 Å². The molecule has 0 spiro atoms. The Morgan fingerprint density at radius 2 is 1.88 bits per heavy atom. The summed E-state index contributed by atoms with van der Waals surface area (Å²) in [5.41, 5.74) is 0.0654. The number of nitrogens with one attached hydrogen (secondary N) is 1. The van der Waals surface area contributed by atoms with Gasteiger partial charge in [0.25, 0.3) is 17.4 Å². The van der Waals surface area contributed by atoms with Gasteiger partial charge in [-0.25, -0.2) is 0 Å². The average molecular weight is 343 g/mol. The first kappa shape index (κ1) is 17.0. The van der Waals surface area contributed by atoms with Gasteiger partial charge in [-0.2, -0.15) is 0 Å². The van der Waals surface area contributed by atoms with Gasteiger partial charge in [0.2, 0.25) is 0 Å². The highest BCUT2D eigenvalue weighted by Crippen LogP contribution is 2.15. The van der Waals surface area contributed by atoms with E-state index in [-0.39, 0.29) is 22.9 Å². The molecule has 7 nitrogen and oxygen atoms in total. The van der Waals surface area contributed by atoms with E-state index in [1.165, 1.54) is 29.2 Å². The molecule has 2 aromatic heterocycles. The monoisotopic (exact) mass is 343 g/mol. The molecule has 0 aromatic carbocycles. The summed E-state index contributed by atoms with van der Waals surface area (Å²) in [6, 6.07) is 4.54. The van der Waals surface area contributed by atoms with E-state index in [2.05, 4.69) is 5.32 Å². The maximum Gasteiger partial charge on any atom is 0.291 e. The number of carbonyl (C=O) groups is 2. The molecular weight excluding hydrogens is 322 g/mol. The molecule has 1 N–H and O–H groups in total. The zero-order chi connectivity index (χ0) is 17.8. The van der Waals surface area contributed by atoms with E-state index in [0.29, 0.717) is 5.56 Å². The third-order valence-electron chi connectivity index (χ3n) is 4.32. The SMILES string of the molecule is Cn1cc(C(=O)N2CCCCCC2)cc(NC(=O)c2ccco2)c1=O. The summed E-state index contributed by atoms with van der Waals surface area (Å²) in [5.74, 6) is -0.543. The first-order valence-electron chi connectivity index (χ1n) is 8.41. The van der Waals surface area contributed by atoms with Gasteiger partial charge in [0.1, 0.15) is 5.69 Å². The quantitative estimate of drug-likeness (QED) is 0.926. The van der Waals surface area contributed by atoms with Crippen molar-refractivity contribution >= 4 is 17.5 Å². The summed E-state index contributed by atoms with van der Waals surface area (Å²) in [6.45, 7) is 1.44. The van der Waals surface area contributed by atoms with Crippen molar-refractivity contribution in [3.05, 3.63) is 52.3 Å². The maximum absolute atomic E-state index is 12.8. The molecule has 3 rings (SSSR count). The van der Waals surface area contributed by atoms with Crippen LogP contribution >= 0.6 is 0 Å². The van der Waals surface area contributed by atoms with Crippen molar-refractivity contribution < 1.29 is 14.0 Å². The fraction of sp³-hybridized carbons (Fsp3) is 0.389. The average Bonchev–Trinajstić information content (AvgIpc) is 3.01. The van der Waals surface area contributed by atoms with Crippen LogP contribution in [-0.2, 0) is 7.05 Å². The number of hydrogen-bond donors (Lipinski definition) is 1. The minimum Gasteiger partial charge on any atom is -0.459 e. The fourth-order valence-electron chi connectivity index (χ4n) is 2.97. The van der Waals surface area contributed by atoms with Crippen molar-refractivity contribution in [3.63, 3.8) is 0 Å². The van der Waals surface area contributed by atoms with E-state index in [9.17, 15) is 14.4 Å². The number of aryl methyl sites for hydroxylation is 1. The normalized spacial score (nSPS) is 14.8. The number of carbonyl (C=O) groups excluding carboxylic acids is 2. The largest absolute Gasteiger partial charge is 0.459 e. The number of amides is 2. The van der Waals surface area contributed by atoms with Crippen LogP contribution < -0.4 is 10.9 Å². The van der Waals surface area contributed by atoms with Crippen molar-refractivity contribution in [2.24, 2.45) is 7.05 Å². The van der Waals surface area contributed by atoms with Crippen LogP contribution in [0.15, 0.2) is 39.9 Å². The fourth-order valence-corrected chi connectivity index (χ4v) is 2.97. The lowest BCUT2D eigenvalue weighted by Gasteiger charge is -2.21. The Balaban J connectivity index is 1.86. The molecule has 0 aliphatic carbocycles. The van der Waals surface area contributed by atoms with Gasteiger partial charge in [0.05, 0.1) is 11.8 Å². The Bertz CT molecular complexity index is 815.